The number of amides is 1. The van der Waals surface area contributed by atoms with Gasteiger partial charge in [-0.05, 0) is 36.5 Å². The lowest BCUT2D eigenvalue weighted by molar-refractivity contribution is -0.135. The summed E-state index contributed by atoms with van der Waals surface area (Å²) in [6, 6.07) is 6.59. The summed E-state index contributed by atoms with van der Waals surface area (Å²) >= 11 is 0. The first-order chi connectivity index (χ1) is 10.2. The van der Waals surface area contributed by atoms with Crippen LogP contribution in [0.2, 0.25) is 0 Å². The topological polar surface area (TPSA) is 32.3 Å². The number of nitrogens with zero attached hydrogens (tertiary/aromatic N) is 1. The fraction of sp³-hybridized carbons (Fsp3) is 0.588. The summed E-state index contributed by atoms with van der Waals surface area (Å²) in [6.07, 6.45) is 5.54. The molecular formula is C17H24ClFN2O. The molecule has 1 saturated carbocycles. The average Bonchev–Trinajstić information content (AvgIpc) is 3.00. The van der Waals surface area contributed by atoms with Gasteiger partial charge in [-0.2, -0.15) is 0 Å². The van der Waals surface area contributed by atoms with E-state index in [-0.39, 0.29) is 30.2 Å². The molecule has 3 rings (SSSR count). The average molecular weight is 327 g/mol. The SMILES string of the molecule is Cl.O=C(CC1CCCC1)N1CCNCC1c1cccc(F)c1. The molecule has 1 aliphatic carbocycles. The van der Waals surface area contributed by atoms with E-state index in [1.807, 2.05) is 11.0 Å². The number of benzene rings is 1. The lowest BCUT2D eigenvalue weighted by Gasteiger charge is -2.37. The van der Waals surface area contributed by atoms with E-state index in [4.69, 9.17) is 0 Å². The summed E-state index contributed by atoms with van der Waals surface area (Å²) in [6.45, 7) is 2.24. The van der Waals surface area contributed by atoms with Crippen LogP contribution in [0.15, 0.2) is 24.3 Å². The minimum absolute atomic E-state index is 0. The number of hydrogen-bond donors (Lipinski definition) is 1. The molecule has 1 heterocycles. The fourth-order valence-corrected chi connectivity index (χ4v) is 3.59. The molecule has 2 fully saturated rings. The summed E-state index contributed by atoms with van der Waals surface area (Å²) in [5, 5.41) is 3.31. The van der Waals surface area contributed by atoms with Gasteiger partial charge in [-0.3, -0.25) is 4.79 Å². The van der Waals surface area contributed by atoms with Crippen LogP contribution in [0.3, 0.4) is 0 Å². The Kier molecular flexibility index (Phi) is 6.21. The summed E-state index contributed by atoms with van der Waals surface area (Å²) in [7, 11) is 0. The molecule has 3 nitrogen and oxygen atoms in total. The van der Waals surface area contributed by atoms with Crippen molar-refractivity contribution in [3.63, 3.8) is 0 Å². The van der Waals surface area contributed by atoms with E-state index in [0.717, 1.165) is 12.1 Å². The molecule has 1 unspecified atom stereocenters. The highest BCUT2D eigenvalue weighted by Gasteiger charge is 2.30. The molecule has 1 atom stereocenters. The van der Waals surface area contributed by atoms with Gasteiger partial charge in [-0.1, -0.05) is 25.0 Å². The number of carbonyl (C=O) groups excluding carboxylic acids is 1. The van der Waals surface area contributed by atoms with Crippen LogP contribution in [0.1, 0.15) is 43.7 Å². The quantitative estimate of drug-likeness (QED) is 0.924. The van der Waals surface area contributed by atoms with Gasteiger partial charge in [0.2, 0.25) is 5.91 Å². The predicted octanol–water partition coefficient (Wildman–Crippen LogP) is 3.30. The molecule has 0 aromatic heterocycles. The third-order valence-electron chi connectivity index (χ3n) is 4.74. The Hall–Kier alpha value is -1.13. The van der Waals surface area contributed by atoms with Crippen LogP contribution in [0.5, 0.6) is 0 Å². The van der Waals surface area contributed by atoms with Crippen molar-refractivity contribution in [2.45, 2.75) is 38.1 Å². The molecule has 5 heteroatoms. The van der Waals surface area contributed by atoms with E-state index in [9.17, 15) is 9.18 Å². The maximum absolute atomic E-state index is 13.5. The van der Waals surface area contributed by atoms with Gasteiger partial charge in [0.05, 0.1) is 6.04 Å². The van der Waals surface area contributed by atoms with E-state index >= 15 is 0 Å². The van der Waals surface area contributed by atoms with Gasteiger partial charge < -0.3 is 10.2 Å². The molecule has 1 saturated heterocycles. The summed E-state index contributed by atoms with van der Waals surface area (Å²) in [5.74, 6) is 0.555. The van der Waals surface area contributed by atoms with Crippen molar-refractivity contribution in [1.29, 1.82) is 0 Å². The van der Waals surface area contributed by atoms with Gasteiger partial charge in [0.1, 0.15) is 5.82 Å². The third kappa shape index (κ3) is 3.99. The lowest BCUT2D eigenvalue weighted by atomic mass is 9.99. The van der Waals surface area contributed by atoms with Crippen LogP contribution in [-0.4, -0.2) is 30.4 Å². The normalized spacial score (nSPS) is 22.4. The molecule has 2 aliphatic rings. The number of halogens is 2. The molecule has 0 radical (unpaired) electrons. The van der Waals surface area contributed by atoms with Crippen LogP contribution in [-0.2, 0) is 4.79 Å². The molecule has 1 aromatic rings. The second-order valence-corrected chi connectivity index (χ2v) is 6.22. The molecule has 1 aliphatic heterocycles. The summed E-state index contributed by atoms with van der Waals surface area (Å²) < 4.78 is 13.5. The third-order valence-corrected chi connectivity index (χ3v) is 4.74. The lowest BCUT2D eigenvalue weighted by Crippen LogP contribution is -2.49. The van der Waals surface area contributed by atoms with E-state index in [0.29, 0.717) is 25.4 Å². The van der Waals surface area contributed by atoms with Gasteiger partial charge in [0.15, 0.2) is 0 Å². The number of rotatable bonds is 3. The van der Waals surface area contributed by atoms with E-state index in [2.05, 4.69) is 5.32 Å². The second-order valence-electron chi connectivity index (χ2n) is 6.22. The van der Waals surface area contributed by atoms with Crippen LogP contribution >= 0.6 is 12.4 Å². The maximum Gasteiger partial charge on any atom is 0.223 e. The first kappa shape index (κ1) is 17.2. The minimum atomic E-state index is -0.235. The molecule has 1 aromatic carbocycles. The smallest absolute Gasteiger partial charge is 0.223 e. The van der Waals surface area contributed by atoms with Gasteiger partial charge in [0, 0.05) is 26.1 Å². The van der Waals surface area contributed by atoms with Crippen molar-refractivity contribution in [1.82, 2.24) is 10.2 Å². The van der Waals surface area contributed by atoms with Crippen molar-refractivity contribution in [2.24, 2.45) is 5.92 Å². The monoisotopic (exact) mass is 326 g/mol. The van der Waals surface area contributed by atoms with E-state index in [1.165, 1.54) is 31.7 Å². The number of nitrogens with one attached hydrogen (secondary N) is 1. The zero-order valence-corrected chi connectivity index (χ0v) is 13.6. The van der Waals surface area contributed by atoms with Crippen LogP contribution in [0.25, 0.3) is 0 Å². The maximum atomic E-state index is 13.5. The number of carbonyl (C=O) groups is 1. The predicted molar refractivity (Wildman–Crippen MR) is 87.5 cm³/mol. The Balaban J connectivity index is 0.00000176. The Labute approximate surface area is 137 Å². The van der Waals surface area contributed by atoms with Gasteiger partial charge in [-0.25, -0.2) is 4.39 Å². The summed E-state index contributed by atoms with van der Waals surface area (Å²) in [5.41, 5.74) is 0.891. The van der Waals surface area contributed by atoms with Gasteiger partial charge in [-0.15, -0.1) is 12.4 Å². The Bertz CT molecular complexity index is 505. The molecule has 1 amide bonds. The Morgan fingerprint density at radius 2 is 2.09 bits per heavy atom. The van der Waals surface area contributed by atoms with Crippen molar-refractivity contribution < 1.29 is 9.18 Å². The first-order valence-corrected chi connectivity index (χ1v) is 7.99. The number of piperazine rings is 1. The first-order valence-electron chi connectivity index (χ1n) is 7.99. The molecule has 22 heavy (non-hydrogen) atoms. The molecular weight excluding hydrogens is 303 g/mol. The van der Waals surface area contributed by atoms with Gasteiger partial charge >= 0.3 is 0 Å². The molecule has 122 valence electrons. The molecule has 1 N–H and O–H groups in total. The molecule has 0 bridgehead atoms. The summed E-state index contributed by atoms with van der Waals surface area (Å²) in [4.78, 5) is 14.6. The van der Waals surface area contributed by atoms with Crippen LogP contribution in [0, 0.1) is 11.7 Å². The largest absolute Gasteiger partial charge is 0.333 e. The van der Waals surface area contributed by atoms with Crippen LogP contribution in [0.4, 0.5) is 4.39 Å². The highest BCUT2D eigenvalue weighted by molar-refractivity contribution is 5.85. The fourth-order valence-electron chi connectivity index (χ4n) is 3.59. The zero-order valence-electron chi connectivity index (χ0n) is 12.8. The van der Waals surface area contributed by atoms with Crippen molar-refractivity contribution >= 4 is 18.3 Å². The van der Waals surface area contributed by atoms with E-state index < -0.39 is 0 Å². The van der Waals surface area contributed by atoms with Gasteiger partial charge in [0.25, 0.3) is 0 Å². The van der Waals surface area contributed by atoms with E-state index in [1.54, 1.807) is 12.1 Å². The minimum Gasteiger partial charge on any atom is -0.333 e. The Morgan fingerprint density at radius 3 is 2.82 bits per heavy atom. The number of hydrogen-bond acceptors (Lipinski definition) is 2. The second kappa shape index (κ2) is 7.93. The standard InChI is InChI=1S/C17H23FN2O.ClH/c18-15-7-3-6-14(11-15)16-12-19-8-9-20(16)17(21)10-13-4-1-2-5-13;/h3,6-7,11,13,16,19H,1-2,4-5,8-10,12H2;1H. The highest BCUT2D eigenvalue weighted by Crippen LogP contribution is 2.30. The Morgan fingerprint density at radius 1 is 1.32 bits per heavy atom. The van der Waals surface area contributed by atoms with Crippen molar-refractivity contribution in [3.8, 4) is 0 Å². The van der Waals surface area contributed by atoms with Crippen molar-refractivity contribution in [3.05, 3.63) is 35.6 Å². The zero-order chi connectivity index (χ0) is 14.7. The van der Waals surface area contributed by atoms with Crippen molar-refractivity contribution in [2.75, 3.05) is 19.6 Å². The van der Waals surface area contributed by atoms with Crippen LogP contribution < -0.4 is 5.32 Å². The highest BCUT2D eigenvalue weighted by atomic mass is 35.5. The molecule has 0 spiro atoms.